The van der Waals surface area contributed by atoms with E-state index in [1.54, 1.807) is 37.3 Å². The summed E-state index contributed by atoms with van der Waals surface area (Å²) in [4.78, 5) is 25.6. The van der Waals surface area contributed by atoms with E-state index in [0.29, 0.717) is 11.3 Å². The fourth-order valence-electron chi connectivity index (χ4n) is 4.12. The number of likely N-dealkylation sites (tertiary alicyclic amines) is 1. The van der Waals surface area contributed by atoms with Crippen molar-refractivity contribution < 1.29 is 31.2 Å². The maximum atomic E-state index is 13.6. The maximum Gasteiger partial charge on any atom is 0.268 e. The van der Waals surface area contributed by atoms with E-state index in [-0.39, 0.29) is 22.7 Å². The van der Waals surface area contributed by atoms with E-state index >= 15 is 0 Å². The zero-order chi connectivity index (χ0) is 28.4. The molecule has 204 valence electrons. The Bertz CT molecular complexity index is 1550. The van der Waals surface area contributed by atoms with Gasteiger partial charge in [0.15, 0.2) is 0 Å². The van der Waals surface area contributed by atoms with Crippen LogP contribution >= 0.6 is 0 Å². The highest BCUT2D eigenvalue weighted by molar-refractivity contribution is 7.92. The van der Waals surface area contributed by atoms with Crippen LogP contribution in [0.1, 0.15) is 28.0 Å². The molecule has 1 atom stereocenters. The van der Waals surface area contributed by atoms with Crippen LogP contribution in [0.3, 0.4) is 0 Å². The normalized spacial score (nSPS) is 16.5. The molecule has 0 radical (unpaired) electrons. The molecule has 2 N–H and O–H groups in total. The summed E-state index contributed by atoms with van der Waals surface area (Å²) < 4.78 is 69.4. The van der Waals surface area contributed by atoms with Crippen molar-refractivity contribution in [1.29, 1.82) is 5.26 Å². The van der Waals surface area contributed by atoms with Crippen LogP contribution < -0.4 is 10.0 Å². The number of halogens is 3. The number of anilines is 1. The van der Waals surface area contributed by atoms with Crippen molar-refractivity contribution in [3.63, 3.8) is 0 Å². The van der Waals surface area contributed by atoms with Crippen LogP contribution in [0.25, 0.3) is 0 Å². The largest absolute Gasteiger partial charge is 0.343 e. The maximum absolute atomic E-state index is 13.6. The van der Waals surface area contributed by atoms with Gasteiger partial charge in [-0.05, 0) is 48.9 Å². The van der Waals surface area contributed by atoms with Gasteiger partial charge >= 0.3 is 0 Å². The predicted octanol–water partition coefficient (Wildman–Crippen LogP) is 2.67. The smallest absolute Gasteiger partial charge is 0.268 e. The SMILES string of the molecule is Cc1nn(Cc2cccc(NS(=O)(=O)c3ccc(F)cc3)c2)cc1C(=O)NCC(=O)N1CC(F)(F)C[C@H]1C#N. The zero-order valence-electron chi connectivity index (χ0n) is 20.6. The Morgan fingerprint density at radius 1 is 1.21 bits per heavy atom. The van der Waals surface area contributed by atoms with Crippen LogP contribution in [0.15, 0.2) is 59.6 Å². The Morgan fingerprint density at radius 3 is 2.62 bits per heavy atom. The molecule has 0 saturated carbocycles. The third kappa shape index (κ3) is 6.55. The second-order valence-electron chi connectivity index (χ2n) is 8.99. The van der Waals surface area contributed by atoms with E-state index in [4.69, 9.17) is 5.26 Å². The van der Waals surface area contributed by atoms with E-state index in [2.05, 4.69) is 15.1 Å². The third-order valence-electron chi connectivity index (χ3n) is 5.98. The van der Waals surface area contributed by atoms with E-state index in [1.807, 2.05) is 0 Å². The van der Waals surface area contributed by atoms with Gasteiger partial charge in [-0.15, -0.1) is 0 Å². The van der Waals surface area contributed by atoms with Gasteiger partial charge < -0.3 is 10.2 Å². The highest BCUT2D eigenvalue weighted by Crippen LogP contribution is 2.31. The number of carbonyl (C=O) groups is 2. The second-order valence-corrected chi connectivity index (χ2v) is 10.7. The van der Waals surface area contributed by atoms with Gasteiger partial charge in [0.2, 0.25) is 5.91 Å². The number of nitrogens with zero attached hydrogens (tertiary/aromatic N) is 4. The molecule has 1 aliphatic rings. The molecule has 10 nitrogen and oxygen atoms in total. The number of rotatable bonds is 8. The summed E-state index contributed by atoms with van der Waals surface area (Å²) in [5, 5.41) is 15.7. The lowest BCUT2D eigenvalue weighted by atomic mass is 10.2. The number of carbonyl (C=O) groups excluding carboxylic acids is 2. The predicted molar refractivity (Wildman–Crippen MR) is 133 cm³/mol. The molecule has 1 saturated heterocycles. The van der Waals surface area contributed by atoms with E-state index in [1.165, 1.54) is 10.9 Å². The average Bonchev–Trinajstić information content (AvgIpc) is 3.40. The first-order chi connectivity index (χ1) is 18.4. The van der Waals surface area contributed by atoms with Crippen LogP contribution in [-0.4, -0.2) is 60.0 Å². The highest BCUT2D eigenvalue weighted by Gasteiger charge is 2.47. The summed E-state index contributed by atoms with van der Waals surface area (Å²) in [7, 11) is -3.95. The van der Waals surface area contributed by atoms with Gasteiger partial charge in [0.05, 0.1) is 41.9 Å². The summed E-state index contributed by atoms with van der Waals surface area (Å²) in [5.41, 5.74) is 1.41. The molecule has 0 aliphatic carbocycles. The van der Waals surface area contributed by atoms with Crippen molar-refractivity contribution in [3.8, 4) is 6.07 Å². The van der Waals surface area contributed by atoms with Gasteiger partial charge in [0.25, 0.3) is 21.9 Å². The van der Waals surface area contributed by atoms with Crippen LogP contribution in [0.5, 0.6) is 0 Å². The Hall–Kier alpha value is -4.38. The number of benzene rings is 2. The van der Waals surface area contributed by atoms with Crippen molar-refractivity contribution >= 4 is 27.5 Å². The van der Waals surface area contributed by atoms with Crippen LogP contribution in [0, 0.1) is 24.1 Å². The minimum atomic E-state index is -3.95. The van der Waals surface area contributed by atoms with Gasteiger partial charge in [-0.25, -0.2) is 21.6 Å². The number of nitriles is 1. The lowest BCUT2D eigenvalue weighted by Crippen LogP contribution is -2.43. The van der Waals surface area contributed by atoms with E-state index in [0.717, 1.165) is 29.2 Å². The monoisotopic (exact) mass is 560 g/mol. The van der Waals surface area contributed by atoms with Gasteiger partial charge in [0.1, 0.15) is 11.9 Å². The molecule has 39 heavy (non-hydrogen) atoms. The molecule has 1 fully saturated rings. The number of sulfonamides is 1. The lowest BCUT2D eigenvalue weighted by Gasteiger charge is -2.19. The summed E-state index contributed by atoms with van der Waals surface area (Å²) in [6, 6.07) is 11.3. The molecule has 3 aromatic rings. The van der Waals surface area contributed by atoms with Gasteiger partial charge in [0, 0.05) is 18.3 Å². The Morgan fingerprint density at radius 2 is 1.92 bits per heavy atom. The highest BCUT2D eigenvalue weighted by atomic mass is 32.2. The first-order valence-electron chi connectivity index (χ1n) is 11.6. The Kier molecular flexibility index (Phi) is 7.64. The summed E-state index contributed by atoms with van der Waals surface area (Å²) in [6.45, 7) is 0.309. The van der Waals surface area contributed by atoms with Gasteiger partial charge in [-0.2, -0.15) is 10.4 Å². The number of hydrogen-bond donors (Lipinski definition) is 2. The van der Waals surface area contributed by atoms with Crippen LogP contribution in [0.4, 0.5) is 18.9 Å². The molecule has 2 amide bonds. The minimum Gasteiger partial charge on any atom is -0.343 e. The summed E-state index contributed by atoms with van der Waals surface area (Å²) in [6.07, 6.45) is 0.691. The first-order valence-corrected chi connectivity index (χ1v) is 13.1. The first kappa shape index (κ1) is 27.6. The molecule has 0 unspecified atom stereocenters. The van der Waals surface area contributed by atoms with Crippen molar-refractivity contribution in [2.45, 2.75) is 36.7 Å². The summed E-state index contributed by atoms with van der Waals surface area (Å²) >= 11 is 0. The number of hydrogen-bond acceptors (Lipinski definition) is 6. The van der Waals surface area contributed by atoms with Crippen molar-refractivity contribution in [3.05, 3.63) is 77.4 Å². The Labute approximate surface area is 222 Å². The Balaban J connectivity index is 1.39. The molecule has 14 heteroatoms. The molecule has 0 spiro atoms. The fourth-order valence-corrected chi connectivity index (χ4v) is 5.17. The van der Waals surface area contributed by atoms with Crippen molar-refractivity contribution in [1.82, 2.24) is 20.0 Å². The summed E-state index contributed by atoms with van der Waals surface area (Å²) in [5.74, 6) is -5.16. The topological polar surface area (TPSA) is 137 Å². The van der Waals surface area contributed by atoms with Gasteiger partial charge in [-0.1, -0.05) is 12.1 Å². The number of alkyl halides is 2. The molecule has 1 aromatic heterocycles. The van der Waals surface area contributed by atoms with Crippen molar-refractivity contribution in [2.75, 3.05) is 17.8 Å². The van der Waals surface area contributed by atoms with Crippen LogP contribution in [-0.2, 0) is 21.4 Å². The molecule has 1 aliphatic heterocycles. The van der Waals surface area contributed by atoms with Crippen molar-refractivity contribution in [2.24, 2.45) is 0 Å². The van der Waals surface area contributed by atoms with Crippen LogP contribution in [0.2, 0.25) is 0 Å². The zero-order valence-corrected chi connectivity index (χ0v) is 21.4. The molecule has 2 heterocycles. The molecule has 2 aromatic carbocycles. The molecular formula is C25H23F3N6O4S. The van der Waals surface area contributed by atoms with E-state index in [9.17, 15) is 31.2 Å². The number of amides is 2. The molecule has 4 rings (SSSR count). The van der Waals surface area contributed by atoms with E-state index < -0.39 is 59.1 Å². The fraction of sp³-hybridized carbons (Fsp3) is 0.280. The van der Waals surface area contributed by atoms with Gasteiger partial charge in [-0.3, -0.25) is 19.0 Å². The number of nitrogens with one attached hydrogen (secondary N) is 2. The number of aryl methyl sites for hydroxylation is 1. The average molecular weight is 561 g/mol. The lowest BCUT2D eigenvalue weighted by molar-refractivity contribution is -0.131. The second kappa shape index (κ2) is 10.8. The standard InChI is InChI=1S/C25H23F3N6O4S/c1-16-22(24(36)30-12-23(35)34-15-25(27,28)10-20(34)11-29)14-33(31-16)13-17-3-2-4-19(9-17)32-39(37,38)21-7-5-18(26)6-8-21/h2-9,14,20,32H,10,12-13,15H2,1H3,(H,30,36)/t20-/m0/s1. The quantitative estimate of drug-likeness (QED) is 0.435. The molecule has 0 bridgehead atoms. The third-order valence-corrected chi connectivity index (χ3v) is 7.38. The molecular weight excluding hydrogens is 537 g/mol. The minimum absolute atomic E-state index is 0.104. The number of aromatic nitrogens is 2.